The molecule has 0 aliphatic heterocycles. The first-order valence-electron chi connectivity index (χ1n) is 8.09. The van der Waals surface area contributed by atoms with E-state index in [0.717, 1.165) is 10.9 Å². The summed E-state index contributed by atoms with van der Waals surface area (Å²) in [7, 11) is 1.60. The highest BCUT2D eigenvalue weighted by Crippen LogP contribution is 2.23. The minimum absolute atomic E-state index is 0.0324. The maximum Gasteiger partial charge on any atom is 0.282 e. The molecule has 24 heavy (non-hydrogen) atoms. The Kier molecular flexibility index (Phi) is 6.82. The van der Waals surface area contributed by atoms with Crippen LogP contribution in [0.2, 0.25) is 0 Å². The van der Waals surface area contributed by atoms with Crippen LogP contribution in [0.3, 0.4) is 0 Å². The van der Waals surface area contributed by atoms with E-state index in [9.17, 15) is 4.79 Å². The predicted molar refractivity (Wildman–Crippen MR) is 100 cm³/mol. The highest BCUT2D eigenvalue weighted by atomic mass is 79.9. The lowest BCUT2D eigenvalue weighted by atomic mass is 10.0. The van der Waals surface area contributed by atoms with E-state index in [2.05, 4.69) is 45.6 Å². The van der Waals surface area contributed by atoms with Gasteiger partial charge in [0.25, 0.3) is 5.91 Å². The van der Waals surface area contributed by atoms with E-state index in [1.54, 1.807) is 7.11 Å². The number of nitrogens with two attached hydrogens (primary N) is 1. The molecule has 0 aromatic heterocycles. The summed E-state index contributed by atoms with van der Waals surface area (Å²) in [4.78, 5) is 12.5. The van der Waals surface area contributed by atoms with Gasteiger partial charge < -0.3 is 15.4 Å². The molecule has 0 saturated carbocycles. The van der Waals surface area contributed by atoms with E-state index in [-0.39, 0.29) is 18.0 Å². The van der Waals surface area contributed by atoms with Gasteiger partial charge in [-0.1, -0.05) is 47.1 Å². The lowest BCUT2D eigenvalue weighted by molar-refractivity contribution is -0.713. The zero-order valence-corrected chi connectivity index (χ0v) is 15.8. The van der Waals surface area contributed by atoms with Crippen molar-refractivity contribution in [1.82, 2.24) is 0 Å². The second kappa shape index (κ2) is 8.85. The van der Waals surface area contributed by atoms with E-state index >= 15 is 0 Å². The molecule has 0 aliphatic carbocycles. The Balaban J connectivity index is 2.03. The van der Waals surface area contributed by atoms with Crippen molar-refractivity contribution in [3.63, 3.8) is 0 Å². The highest BCUT2D eigenvalue weighted by molar-refractivity contribution is 9.10. The predicted octanol–water partition coefficient (Wildman–Crippen LogP) is 3.50. The maximum atomic E-state index is 12.5. The number of para-hydroxylation sites is 2. The molecule has 2 rings (SSSR count). The Hall–Kier alpha value is -1.85. The van der Waals surface area contributed by atoms with E-state index in [0.29, 0.717) is 11.4 Å². The van der Waals surface area contributed by atoms with Gasteiger partial charge >= 0.3 is 0 Å². The van der Waals surface area contributed by atoms with Gasteiger partial charge in [0.2, 0.25) is 0 Å². The second-order valence-corrected chi connectivity index (χ2v) is 6.65. The Morgan fingerprint density at radius 2 is 1.88 bits per heavy atom. The number of quaternary nitrogens is 1. The Labute approximate surface area is 151 Å². The Morgan fingerprint density at radius 3 is 2.50 bits per heavy atom. The van der Waals surface area contributed by atoms with E-state index in [1.165, 1.54) is 5.56 Å². The highest BCUT2D eigenvalue weighted by Gasteiger charge is 2.22. The van der Waals surface area contributed by atoms with Crippen LogP contribution in [0.4, 0.5) is 5.69 Å². The minimum atomic E-state index is -0.205. The van der Waals surface area contributed by atoms with Crippen molar-refractivity contribution in [2.75, 3.05) is 12.4 Å². The molecular formula is C19H24BrN2O2+. The van der Waals surface area contributed by atoms with Crippen molar-refractivity contribution in [1.29, 1.82) is 0 Å². The topological polar surface area (TPSA) is 54.9 Å². The smallest absolute Gasteiger partial charge is 0.282 e. The quantitative estimate of drug-likeness (QED) is 0.758. The van der Waals surface area contributed by atoms with Crippen LogP contribution in [0.25, 0.3) is 0 Å². The molecule has 1 amide bonds. The fourth-order valence-electron chi connectivity index (χ4n) is 2.62. The fourth-order valence-corrected chi connectivity index (χ4v) is 2.89. The van der Waals surface area contributed by atoms with Gasteiger partial charge in [-0.2, -0.15) is 0 Å². The number of methoxy groups -OCH3 is 1. The van der Waals surface area contributed by atoms with Crippen molar-refractivity contribution in [2.24, 2.45) is 0 Å². The third-order valence-electron chi connectivity index (χ3n) is 4.04. The summed E-state index contributed by atoms with van der Waals surface area (Å²) in [6.07, 6.45) is 0.952. The fraction of sp³-hybridized carbons (Fsp3) is 0.316. The summed E-state index contributed by atoms with van der Waals surface area (Å²) in [6.45, 7) is 4.06. The van der Waals surface area contributed by atoms with Gasteiger partial charge in [-0.25, -0.2) is 0 Å². The largest absolute Gasteiger partial charge is 0.495 e. The molecule has 0 spiro atoms. The number of benzene rings is 2. The van der Waals surface area contributed by atoms with E-state index in [4.69, 9.17) is 4.74 Å². The monoisotopic (exact) mass is 391 g/mol. The second-order valence-electron chi connectivity index (χ2n) is 5.74. The number of hydrogen-bond acceptors (Lipinski definition) is 2. The molecule has 0 radical (unpaired) electrons. The minimum Gasteiger partial charge on any atom is -0.495 e. The van der Waals surface area contributed by atoms with Crippen LogP contribution in [0.15, 0.2) is 53.0 Å². The first-order chi connectivity index (χ1) is 11.5. The zero-order valence-electron chi connectivity index (χ0n) is 14.3. The molecule has 0 saturated heterocycles. The van der Waals surface area contributed by atoms with Gasteiger partial charge in [-0.15, -0.1) is 0 Å². The SMILES string of the molecule is CC[C@@H]([NH2+][C@H](C)C(=O)Nc1ccccc1OC)c1ccc(Br)cc1. The van der Waals surface area contributed by atoms with Gasteiger partial charge in [0.05, 0.1) is 12.8 Å². The molecule has 5 heteroatoms. The summed E-state index contributed by atoms with van der Waals surface area (Å²) < 4.78 is 6.34. The molecule has 2 aromatic rings. The summed E-state index contributed by atoms with van der Waals surface area (Å²) in [6, 6.07) is 15.7. The molecule has 2 atom stereocenters. The van der Waals surface area contributed by atoms with E-state index in [1.807, 2.05) is 43.3 Å². The molecule has 3 N–H and O–H groups in total. The summed E-state index contributed by atoms with van der Waals surface area (Å²) >= 11 is 3.46. The number of ether oxygens (including phenoxy) is 1. The molecule has 4 nitrogen and oxygen atoms in total. The van der Waals surface area contributed by atoms with Crippen LogP contribution in [0.5, 0.6) is 5.75 Å². The average molecular weight is 392 g/mol. The van der Waals surface area contributed by atoms with Gasteiger partial charge in [0.15, 0.2) is 6.04 Å². The van der Waals surface area contributed by atoms with Gasteiger partial charge in [-0.3, -0.25) is 4.79 Å². The third-order valence-corrected chi connectivity index (χ3v) is 4.57. The number of halogens is 1. The number of hydrogen-bond donors (Lipinski definition) is 2. The number of anilines is 1. The van der Waals surface area contributed by atoms with Crippen LogP contribution < -0.4 is 15.4 Å². The molecule has 2 aromatic carbocycles. The van der Waals surface area contributed by atoms with Gasteiger partial charge in [0.1, 0.15) is 11.8 Å². The average Bonchev–Trinajstić information content (AvgIpc) is 2.60. The molecule has 0 unspecified atom stereocenters. The van der Waals surface area contributed by atoms with Crippen LogP contribution in [0.1, 0.15) is 31.9 Å². The first-order valence-corrected chi connectivity index (χ1v) is 8.88. The van der Waals surface area contributed by atoms with Crippen molar-refractivity contribution in [3.8, 4) is 5.75 Å². The molecular weight excluding hydrogens is 368 g/mol. The van der Waals surface area contributed by atoms with Crippen LogP contribution in [0, 0.1) is 0 Å². The van der Waals surface area contributed by atoms with Crippen molar-refractivity contribution >= 4 is 27.5 Å². The standard InChI is InChI=1S/C19H23BrN2O2/c1-4-16(14-9-11-15(20)12-10-14)21-13(2)19(23)22-17-7-5-6-8-18(17)24-3/h5-13,16,21H,4H2,1-3H3,(H,22,23)/p+1/t13-,16-/m1/s1. The summed E-state index contributed by atoms with van der Waals surface area (Å²) in [5, 5.41) is 5.05. The summed E-state index contributed by atoms with van der Waals surface area (Å²) in [5.74, 6) is 0.632. The number of amides is 1. The maximum absolute atomic E-state index is 12.5. The number of rotatable bonds is 7. The Bertz CT molecular complexity index is 673. The van der Waals surface area contributed by atoms with Crippen molar-refractivity contribution < 1.29 is 14.8 Å². The first kappa shape index (κ1) is 18.5. The molecule has 0 heterocycles. The van der Waals surface area contributed by atoms with Crippen LogP contribution in [-0.2, 0) is 4.79 Å². The number of carbonyl (C=O) groups excluding carboxylic acids is 1. The van der Waals surface area contributed by atoms with Gasteiger partial charge in [0, 0.05) is 16.5 Å². The molecule has 128 valence electrons. The van der Waals surface area contributed by atoms with Crippen molar-refractivity contribution in [2.45, 2.75) is 32.4 Å². The summed E-state index contributed by atoms with van der Waals surface area (Å²) in [5.41, 5.74) is 1.92. The Morgan fingerprint density at radius 1 is 1.21 bits per heavy atom. The number of carbonyl (C=O) groups is 1. The molecule has 0 bridgehead atoms. The lowest BCUT2D eigenvalue weighted by Gasteiger charge is -2.19. The number of nitrogens with one attached hydrogen (secondary N) is 1. The zero-order chi connectivity index (χ0) is 17.5. The third kappa shape index (κ3) is 4.82. The van der Waals surface area contributed by atoms with Crippen LogP contribution in [-0.4, -0.2) is 19.1 Å². The molecule has 0 fully saturated rings. The normalized spacial score (nSPS) is 13.2. The van der Waals surface area contributed by atoms with E-state index < -0.39 is 0 Å². The van der Waals surface area contributed by atoms with Crippen molar-refractivity contribution in [3.05, 3.63) is 58.6 Å². The van der Waals surface area contributed by atoms with Crippen LogP contribution >= 0.6 is 15.9 Å². The molecule has 0 aliphatic rings. The lowest BCUT2D eigenvalue weighted by Crippen LogP contribution is -2.92. The van der Waals surface area contributed by atoms with Gasteiger partial charge in [-0.05, 0) is 31.2 Å².